The van der Waals surface area contributed by atoms with Crippen molar-refractivity contribution in [1.29, 1.82) is 0 Å². The Hall–Kier alpha value is -2.41. The molecule has 24 heavy (non-hydrogen) atoms. The van der Waals surface area contributed by atoms with Crippen LogP contribution < -0.4 is 0 Å². The van der Waals surface area contributed by atoms with Gasteiger partial charge in [-0.05, 0) is 6.07 Å². The zero-order valence-electron chi connectivity index (χ0n) is 14.0. The van der Waals surface area contributed by atoms with E-state index in [-0.39, 0.29) is 11.9 Å². The topological polar surface area (TPSA) is 59.2 Å². The molecule has 1 saturated heterocycles. The predicted octanol–water partition coefficient (Wildman–Crippen LogP) is 1.07. The fourth-order valence-corrected chi connectivity index (χ4v) is 3.11. The molecule has 3 amide bonds. The maximum absolute atomic E-state index is 12.7. The molecule has 7 nitrogen and oxygen atoms in total. The van der Waals surface area contributed by atoms with Gasteiger partial charge in [0, 0.05) is 24.7 Å². The summed E-state index contributed by atoms with van der Waals surface area (Å²) in [6.45, 7) is 0.423. The third-order valence-corrected chi connectivity index (χ3v) is 4.58. The molecule has 2 aliphatic rings. The van der Waals surface area contributed by atoms with Crippen molar-refractivity contribution in [3.8, 4) is 0 Å². The van der Waals surface area contributed by atoms with E-state index in [0.717, 1.165) is 10.5 Å². The van der Waals surface area contributed by atoms with Gasteiger partial charge >= 0.3 is 12.0 Å². The summed E-state index contributed by atoms with van der Waals surface area (Å²) in [5.74, 6) is 0.776. The number of carbonyl (C=O) groups excluding carboxylic acids is 2. The van der Waals surface area contributed by atoms with Gasteiger partial charge in [-0.1, -0.05) is 34.8 Å². The van der Waals surface area contributed by atoms with Crippen molar-refractivity contribution >= 4 is 35.3 Å². The number of amidine groups is 1. The smallest absolute Gasteiger partial charge is 0.270 e. The van der Waals surface area contributed by atoms with Crippen molar-refractivity contribution in [1.82, 2.24) is 14.7 Å². The SMILES string of the molecule is CN1C(=O)C2C(=NC(=[N+](C)C)N2Cc2ccccc2Cl)N(C)C1=O. The van der Waals surface area contributed by atoms with Crippen LogP contribution in [-0.2, 0) is 11.3 Å². The molecule has 2 aliphatic heterocycles. The van der Waals surface area contributed by atoms with Crippen molar-refractivity contribution < 1.29 is 14.2 Å². The summed E-state index contributed by atoms with van der Waals surface area (Å²) in [4.78, 5) is 33.8. The van der Waals surface area contributed by atoms with E-state index in [0.29, 0.717) is 23.4 Å². The molecule has 1 unspecified atom stereocenters. The number of benzene rings is 1. The summed E-state index contributed by atoms with van der Waals surface area (Å²) in [5, 5.41) is 0.630. The number of urea groups is 1. The number of fused-ring (bicyclic) bond motifs is 1. The van der Waals surface area contributed by atoms with E-state index in [4.69, 9.17) is 11.6 Å². The third-order valence-electron chi connectivity index (χ3n) is 4.21. The summed E-state index contributed by atoms with van der Waals surface area (Å²) >= 11 is 6.28. The van der Waals surface area contributed by atoms with Crippen molar-refractivity contribution in [2.75, 3.05) is 28.2 Å². The van der Waals surface area contributed by atoms with E-state index >= 15 is 0 Å². The first-order valence-corrected chi connectivity index (χ1v) is 7.89. The van der Waals surface area contributed by atoms with Crippen LogP contribution in [0.4, 0.5) is 4.79 Å². The number of imide groups is 1. The second kappa shape index (κ2) is 5.90. The Balaban J connectivity index is 2.05. The predicted molar refractivity (Wildman–Crippen MR) is 91.3 cm³/mol. The highest BCUT2D eigenvalue weighted by atomic mass is 35.5. The first-order valence-electron chi connectivity index (χ1n) is 7.51. The van der Waals surface area contributed by atoms with Crippen LogP contribution in [0.5, 0.6) is 0 Å². The lowest BCUT2D eigenvalue weighted by Gasteiger charge is -2.33. The summed E-state index contributed by atoms with van der Waals surface area (Å²) in [7, 11) is 6.82. The number of hydrogen-bond acceptors (Lipinski definition) is 2. The Bertz CT molecular complexity index is 784. The second-order valence-corrected chi connectivity index (χ2v) is 6.43. The fraction of sp³-hybridized carbons (Fsp3) is 0.375. The normalized spacial score (nSPS) is 20.5. The van der Waals surface area contributed by atoms with Gasteiger partial charge in [-0.15, -0.1) is 0 Å². The molecule has 0 spiro atoms. The van der Waals surface area contributed by atoms with E-state index in [2.05, 4.69) is 4.99 Å². The average Bonchev–Trinajstić information content (AvgIpc) is 2.93. The first-order chi connectivity index (χ1) is 11.3. The summed E-state index contributed by atoms with van der Waals surface area (Å²) in [6, 6.07) is 6.48. The van der Waals surface area contributed by atoms with E-state index in [1.165, 1.54) is 11.9 Å². The van der Waals surface area contributed by atoms with Crippen molar-refractivity contribution in [2.24, 2.45) is 4.99 Å². The van der Waals surface area contributed by atoms with Gasteiger partial charge in [-0.3, -0.25) is 19.2 Å². The quantitative estimate of drug-likeness (QED) is 0.751. The molecule has 126 valence electrons. The number of halogens is 1. The molecule has 1 atom stereocenters. The van der Waals surface area contributed by atoms with Crippen LogP contribution in [0.25, 0.3) is 0 Å². The van der Waals surface area contributed by atoms with Crippen LogP contribution >= 0.6 is 11.6 Å². The van der Waals surface area contributed by atoms with Gasteiger partial charge in [-0.25, -0.2) is 9.69 Å². The molecule has 8 heteroatoms. The molecule has 0 aliphatic carbocycles. The molecule has 0 aromatic heterocycles. The number of aliphatic imine (C=N–C) groups is 1. The van der Waals surface area contributed by atoms with Gasteiger partial charge in [0.25, 0.3) is 5.91 Å². The van der Waals surface area contributed by atoms with E-state index < -0.39 is 6.04 Å². The van der Waals surface area contributed by atoms with Crippen LogP contribution in [0.3, 0.4) is 0 Å². The molecular weight excluding hydrogens is 330 g/mol. The van der Waals surface area contributed by atoms with Crippen LogP contribution in [0.1, 0.15) is 5.56 Å². The minimum atomic E-state index is -0.633. The summed E-state index contributed by atoms with van der Waals surface area (Å²) in [5.41, 5.74) is 0.893. The molecule has 2 heterocycles. The van der Waals surface area contributed by atoms with Gasteiger partial charge in [0.1, 0.15) is 0 Å². The van der Waals surface area contributed by atoms with Gasteiger partial charge in [-0.2, -0.15) is 0 Å². The lowest BCUT2D eigenvalue weighted by molar-refractivity contribution is -0.471. The van der Waals surface area contributed by atoms with Crippen LogP contribution in [-0.4, -0.2) is 77.2 Å². The Morgan fingerprint density at radius 2 is 1.83 bits per heavy atom. The molecule has 0 bridgehead atoms. The highest BCUT2D eigenvalue weighted by molar-refractivity contribution is 6.31. The Morgan fingerprint density at radius 3 is 2.46 bits per heavy atom. The lowest BCUT2D eigenvalue weighted by Crippen LogP contribution is -2.62. The number of rotatable bonds is 2. The summed E-state index contributed by atoms with van der Waals surface area (Å²) in [6.07, 6.45) is 0. The van der Waals surface area contributed by atoms with Crippen molar-refractivity contribution in [2.45, 2.75) is 12.6 Å². The van der Waals surface area contributed by atoms with Crippen molar-refractivity contribution in [3.05, 3.63) is 34.9 Å². The molecule has 0 radical (unpaired) electrons. The van der Waals surface area contributed by atoms with Crippen LogP contribution in [0, 0.1) is 0 Å². The monoisotopic (exact) mass is 348 g/mol. The number of hydrogen-bond donors (Lipinski definition) is 0. The molecule has 3 rings (SSSR count). The summed E-state index contributed by atoms with van der Waals surface area (Å²) < 4.78 is 1.83. The van der Waals surface area contributed by atoms with Crippen molar-refractivity contribution in [3.63, 3.8) is 0 Å². The number of guanidine groups is 1. The van der Waals surface area contributed by atoms with Gasteiger partial charge in [0.2, 0.25) is 11.9 Å². The maximum atomic E-state index is 12.7. The number of likely N-dealkylation sites (N-methyl/N-ethyl adjacent to an activating group) is 2. The number of carbonyl (C=O) groups is 2. The van der Waals surface area contributed by atoms with Gasteiger partial charge in [0.05, 0.1) is 20.6 Å². The minimum absolute atomic E-state index is 0.291. The Labute approximate surface area is 145 Å². The van der Waals surface area contributed by atoms with E-state index in [9.17, 15) is 9.59 Å². The molecule has 1 aromatic rings. The third kappa shape index (κ3) is 2.45. The van der Waals surface area contributed by atoms with Gasteiger partial charge < -0.3 is 0 Å². The zero-order chi connectivity index (χ0) is 17.6. The highest BCUT2D eigenvalue weighted by Crippen LogP contribution is 2.26. The molecule has 0 N–H and O–H groups in total. The largest absolute Gasteiger partial charge is 0.392 e. The number of amides is 3. The standard InChI is InChI=1S/C16H19ClN5O2/c1-19(2)15-18-13-12(14(23)21(4)16(24)20(13)3)22(15)9-10-7-5-6-8-11(10)17/h5-8,12H,9H2,1-4H3/q+1. The molecular formula is C16H19ClN5O2+. The minimum Gasteiger partial charge on any atom is -0.270 e. The Kier molecular flexibility index (Phi) is 4.04. The first kappa shape index (κ1) is 16.4. The van der Waals surface area contributed by atoms with Crippen LogP contribution in [0.15, 0.2) is 29.3 Å². The average molecular weight is 349 g/mol. The van der Waals surface area contributed by atoms with E-state index in [1.807, 2.05) is 47.8 Å². The zero-order valence-corrected chi connectivity index (χ0v) is 14.8. The fourth-order valence-electron chi connectivity index (χ4n) is 2.91. The molecule has 1 aromatic carbocycles. The second-order valence-electron chi connectivity index (χ2n) is 6.03. The lowest BCUT2D eigenvalue weighted by atomic mass is 10.1. The molecule has 0 saturated carbocycles. The maximum Gasteiger partial charge on any atom is 0.392 e. The van der Waals surface area contributed by atoms with E-state index in [1.54, 1.807) is 7.05 Å². The highest BCUT2D eigenvalue weighted by Gasteiger charge is 2.54. The Morgan fingerprint density at radius 1 is 1.17 bits per heavy atom. The van der Waals surface area contributed by atoms with Crippen LogP contribution in [0.2, 0.25) is 5.02 Å². The van der Waals surface area contributed by atoms with Gasteiger partial charge in [0.15, 0.2) is 0 Å². The molecule has 1 fully saturated rings. The number of nitrogens with zero attached hydrogens (tertiary/aromatic N) is 5.